The zero-order chi connectivity index (χ0) is 12.8. The van der Waals surface area contributed by atoms with Crippen molar-refractivity contribution in [3.05, 3.63) is 34.9 Å². The molecule has 0 saturated carbocycles. The first kappa shape index (κ1) is 14.5. The molecule has 17 heavy (non-hydrogen) atoms. The average Bonchev–Trinajstić information content (AvgIpc) is 2.19. The number of halogens is 1. The van der Waals surface area contributed by atoms with Gasteiger partial charge in [-0.2, -0.15) is 0 Å². The van der Waals surface area contributed by atoms with E-state index in [1.807, 2.05) is 12.1 Å². The van der Waals surface area contributed by atoms with Gasteiger partial charge in [0.2, 0.25) is 0 Å². The number of nitrogens with zero attached hydrogens (tertiary/aromatic N) is 1. The average molecular weight is 255 g/mol. The zero-order valence-electron chi connectivity index (χ0n) is 11.2. The van der Waals surface area contributed by atoms with Crippen LogP contribution in [0.5, 0.6) is 0 Å². The van der Waals surface area contributed by atoms with Crippen LogP contribution < -0.4 is 5.32 Å². The van der Waals surface area contributed by atoms with E-state index in [1.165, 1.54) is 5.56 Å². The summed E-state index contributed by atoms with van der Waals surface area (Å²) in [6, 6.07) is 9.08. The second-order valence-electron chi connectivity index (χ2n) is 5.06. The molecule has 1 rings (SSSR count). The minimum Gasteiger partial charge on any atom is -0.310 e. The van der Waals surface area contributed by atoms with Gasteiger partial charge in [-0.25, -0.2) is 0 Å². The van der Waals surface area contributed by atoms with Gasteiger partial charge in [0.25, 0.3) is 0 Å². The van der Waals surface area contributed by atoms with Gasteiger partial charge in [0.15, 0.2) is 0 Å². The highest BCUT2D eigenvalue weighted by atomic mass is 35.5. The molecule has 2 unspecified atom stereocenters. The molecule has 0 bridgehead atoms. The first-order chi connectivity index (χ1) is 7.97. The third kappa shape index (κ3) is 6.06. The van der Waals surface area contributed by atoms with E-state index in [0.29, 0.717) is 12.1 Å². The molecule has 96 valence electrons. The van der Waals surface area contributed by atoms with Crippen LogP contribution in [0.4, 0.5) is 0 Å². The number of hydrogen-bond donors (Lipinski definition) is 1. The maximum atomic E-state index is 5.87. The predicted molar refractivity (Wildman–Crippen MR) is 75.8 cm³/mol. The topological polar surface area (TPSA) is 15.3 Å². The summed E-state index contributed by atoms with van der Waals surface area (Å²) in [5.74, 6) is 0. The molecule has 0 aliphatic rings. The van der Waals surface area contributed by atoms with Crippen molar-refractivity contribution in [2.75, 3.05) is 20.6 Å². The van der Waals surface area contributed by atoms with Crippen LogP contribution in [0, 0.1) is 0 Å². The molecule has 2 nitrogen and oxygen atoms in total. The minimum atomic E-state index is 0.478. The first-order valence-corrected chi connectivity index (χ1v) is 6.50. The third-order valence-corrected chi connectivity index (χ3v) is 2.92. The predicted octanol–water partition coefficient (Wildman–Crippen LogP) is 2.81. The fourth-order valence-electron chi connectivity index (χ4n) is 2.12. The smallest absolute Gasteiger partial charge is 0.0406 e. The van der Waals surface area contributed by atoms with Crippen LogP contribution in [-0.2, 0) is 6.42 Å². The minimum absolute atomic E-state index is 0.478. The Labute approximate surface area is 110 Å². The molecular weight excluding hydrogens is 232 g/mol. The Bertz CT molecular complexity index is 321. The van der Waals surface area contributed by atoms with E-state index in [9.17, 15) is 0 Å². The second-order valence-corrected chi connectivity index (χ2v) is 5.50. The highest BCUT2D eigenvalue weighted by Gasteiger charge is 2.08. The van der Waals surface area contributed by atoms with Crippen LogP contribution in [-0.4, -0.2) is 37.6 Å². The van der Waals surface area contributed by atoms with Crippen molar-refractivity contribution in [3.8, 4) is 0 Å². The van der Waals surface area contributed by atoms with Crippen LogP contribution in [0.1, 0.15) is 19.4 Å². The molecule has 3 heteroatoms. The molecule has 0 aliphatic carbocycles. The van der Waals surface area contributed by atoms with Gasteiger partial charge in [-0.05, 0) is 52.1 Å². The third-order valence-electron chi connectivity index (χ3n) is 2.66. The standard InChI is InChI=1S/C14H23ClN2/c1-11(16-12(2)10-17(3)4)9-13-5-7-14(15)8-6-13/h5-8,11-12,16H,9-10H2,1-4H3. The molecule has 0 fully saturated rings. The molecule has 0 spiro atoms. The van der Waals surface area contributed by atoms with E-state index >= 15 is 0 Å². The fraction of sp³-hybridized carbons (Fsp3) is 0.571. The molecule has 2 atom stereocenters. The lowest BCUT2D eigenvalue weighted by atomic mass is 10.1. The molecule has 1 aromatic rings. The Morgan fingerprint density at radius 1 is 1.12 bits per heavy atom. The van der Waals surface area contributed by atoms with Crippen molar-refractivity contribution < 1.29 is 0 Å². The van der Waals surface area contributed by atoms with Gasteiger partial charge < -0.3 is 10.2 Å². The summed E-state index contributed by atoms with van der Waals surface area (Å²) in [5.41, 5.74) is 1.33. The van der Waals surface area contributed by atoms with Crippen molar-refractivity contribution >= 4 is 11.6 Å². The Morgan fingerprint density at radius 2 is 1.71 bits per heavy atom. The Hall–Kier alpha value is -0.570. The van der Waals surface area contributed by atoms with E-state index in [-0.39, 0.29) is 0 Å². The Kier molecular flexibility index (Phi) is 5.96. The van der Waals surface area contributed by atoms with Gasteiger partial charge in [0, 0.05) is 23.7 Å². The number of nitrogens with one attached hydrogen (secondary N) is 1. The molecule has 0 radical (unpaired) electrons. The highest BCUT2D eigenvalue weighted by Crippen LogP contribution is 2.11. The maximum absolute atomic E-state index is 5.87. The van der Waals surface area contributed by atoms with Crippen LogP contribution in [0.3, 0.4) is 0 Å². The van der Waals surface area contributed by atoms with Crippen molar-refractivity contribution in [2.45, 2.75) is 32.4 Å². The van der Waals surface area contributed by atoms with Gasteiger partial charge >= 0.3 is 0 Å². The summed E-state index contributed by atoms with van der Waals surface area (Å²) >= 11 is 5.87. The molecule has 0 aromatic heterocycles. The maximum Gasteiger partial charge on any atom is 0.0406 e. The molecule has 0 saturated heterocycles. The molecule has 1 N–H and O–H groups in total. The van der Waals surface area contributed by atoms with Gasteiger partial charge in [0.1, 0.15) is 0 Å². The summed E-state index contributed by atoms with van der Waals surface area (Å²) in [6.45, 7) is 5.50. The quantitative estimate of drug-likeness (QED) is 0.840. The molecular formula is C14H23ClN2. The molecule has 0 amide bonds. The van der Waals surface area contributed by atoms with Crippen LogP contribution in [0.15, 0.2) is 24.3 Å². The van der Waals surface area contributed by atoms with E-state index < -0.39 is 0 Å². The monoisotopic (exact) mass is 254 g/mol. The van der Waals surface area contributed by atoms with Crippen molar-refractivity contribution in [1.82, 2.24) is 10.2 Å². The van der Waals surface area contributed by atoms with Crippen LogP contribution >= 0.6 is 11.6 Å². The van der Waals surface area contributed by atoms with Crippen LogP contribution in [0.25, 0.3) is 0 Å². The summed E-state index contributed by atoms with van der Waals surface area (Å²) in [4.78, 5) is 2.20. The summed E-state index contributed by atoms with van der Waals surface area (Å²) in [6.07, 6.45) is 1.04. The van der Waals surface area contributed by atoms with Crippen molar-refractivity contribution in [3.63, 3.8) is 0 Å². The van der Waals surface area contributed by atoms with Crippen molar-refractivity contribution in [2.24, 2.45) is 0 Å². The van der Waals surface area contributed by atoms with Gasteiger partial charge in [-0.15, -0.1) is 0 Å². The number of rotatable bonds is 6. The molecule has 0 aliphatic heterocycles. The Morgan fingerprint density at radius 3 is 2.24 bits per heavy atom. The number of hydrogen-bond acceptors (Lipinski definition) is 2. The molecule has 0 heterocycles. The normalized spacial score (nSPS) is 14.9. The Balaban J connectivity index is 2.38. The lowest BCUT2D eigenvalue weighted by Gasteiger charge is -2.23. The fourth-order valence-corrected chi connectivity index (χ4v) is 2.25. The van der Waals surface area contributed by atoms with Gasteiger partial charge in [-0.1, -0.05) is 23.7 Å². The highest BCUT2D eigenvalue weighted by molar-refractivity contribution is 6.30. The SMILES string of the molecule is CC(Cc1ccc(Cl)cc1)NC(C)CN(C)C. The van der Waals surface area contributed by atoms with E-state index in [1.54, 1.807) is 0 Å². The van der Waals surface area contributed by atoms with E-state index in [2.05, 4.69) is 50.3 Å². The lowest BCUT2D eigenvalue weighted by Crippen LogP contribution is -2.41. The second kappa shape index (κ2) is 7.00. The van der Waals surface area contributed by atoms with E-state index in [4.69, 9.17) is 11.6 Å². The first-order valence-electron chi connectivity index (χ1n) is 6.12. The van der Waals surface area contributed by atoms with E-state index in [0.717, 1.165) is 18.0 Å². The van der Waals surface area contributed by atoms with Gasteiger partial charge in [-0.3, -0.25) is 0 Å². The summed E-state index contributed by atoms with van der Waals surface area (Å²) in [5, 5.41) is 4.40. The summed E-state index contributed by atoms with van der Waals surface area (Å²) in [7, 11) is 4.20. The number of benzene rings is 1. The van der Waals surface area contributed by atoms with Crippen molar-refractivity contribution in [1.29, 1.82) is 0 Å². The number of likely N-dealkylation sites (N-methyl/N-ethyl adjacent to an activating group) is 1. The van der Waals surface area contributed by atoms with Crippen LogP contribution in [0.2, 0.25) is 5.02 Å². The zero-order valence-corrected chi connectivity index (χ0v) is 12.0. The largest absolute Gasteiger partial charge is 0.310 e. The molecule has 1 aromatic carbocycles. The lowest BCUT2D eigenvalue weighted by molar-refractivity contribution is 0.332. The van der Waals surface area contributed by atoms with Gasteiger partial charge in [0.05, 0.1) is 0 Å². The summed E-state index contributed by atoms with van der Waals surface area (Å²) < 4.78 is 0.